The molecule has 0 radical (unpaired) electrons. The monoisotopic (exact) mass is 246 g/mol. The SMILES string of the molecule is CC(C)NS(=O)(=O)c1cnn(CCCN)c1. The van der Waals surface area contributed by atoms with Crippen LogP contribution in [0.1, 0.15) is 20.3 Å². The molecule has 0 aliphatic rings. The van der Waals surface area contributed by atoms with E-state index in [1.807, 2.05) is 0 Å². The van der Waals surface area contributed by atoms with E-state index in [2.05, 4.69) is 9.82 Å². The molecule has 0 amide bonds. The third-order valence-corrected chi connectivity index (χ3v) is 3.52. The highest BCUT2D eigenvalue weighted by molar-refractivity contribution is 7.89. The van der Waals surface area contributed by atoms with Gasteiger partial charge >= 0.3 is 0 Å². The summed E-state index contributed by atoms with van der Waals surface area (Å²) in [5.74, 6) is 0. The van der Waals surface area contributed by atoms with Crippen molar-refractivity contribution < 1.29 is 8.42 Å². The molecule has 0 aliphatic heterocycles. The summed E-state index contributed by atoms with van der Waals surface area (Å²) in [5.41, 5.74) is 5.36. The molecular weight excluding hydrogens is 228 g/mol. The molecule has 7 heteroatoms. The number of aryl methyl sites for hydroxylation is 1. The lowest BCUT2D eigenvalue weighted by atomic mass is 10.4. The number of sulfonamides is 1. The van der Waals surface area contributed by atoms with Crippen LogP contribution in [0.5, 0.6) is 0 Å². The molecule has 92 valence electrons. The van der Waals surface area contributed by atoms with E-state index in [1.165, 1.54) is 12.4 Å². The van der Waals surface area contributed by atoms with Crippen LogP contribution in [0, 0.1) is 0 Å². The molecule has 0 saturated carbocycles. The van der Waals surface area contributed by atoms with Crippen LogP contribution in [-0.2, 0) is 16.6 Å². The van der Waals surface area contributed by atoms with Crippen molar-refractivity contribution in [3.8, 4) is 0 Å². The van der Waals surface area contributed by atoms with E-state index in [4.69, 9.17) is 5.73 Å². The van der Waals surface area contributed by atoms with Crippen molar-refractivity contribution in [2.24, 2.45) is 5.73 Å². The number of hydrogen-bond donors (Lipinski definition) is 2. The zero-order chi connectivity index (χ0) is 12.2. The van der Waals surface area contributed by atoms with Gasteiger partial charge in [0, 0.05) is 18.8 Å². The van der Waals surface area contributed by atoms with Gasteiger partial charge in [0.25, 0.3) is 0 Å². The number of aromatic nitrogens is 2. The molecule has 0 unspecified atom stereocenters. The Morgan fingerprint density at radius 1 is 1.56 bits per heavy atom. The highest BCUT2D eigenvalue weighted by Crippen LogP contribution is 2.07. The van der Waals surface area contributed by atoms with Gasteiger partial charge in [0.15, 0.2) is 0 Å². The van der Waals surface area contributed by atoms with Crippen LogP contribution in [0.2, 0.25) is 0 Å². The molecule has 0 atom stereocenters. The highest BCUT2D eigenvalue weighted by Gasteiger charge is 2.17. The summed E-state index contributed by atoms with van der Waals surface area (Å²) in [6.45, 7) is 4.74. The Hall–Kier alpha value is -0.920. The van der Waals surface area contributed by atoms with Gasteiger partial charge in [-0.1, -0.05) is 0 Å². The lowest BCUT2D eigenvalue weighted by Gasteiger charge is -2.06. The second-order valence-electron chi connectivity index (χ2n) is 3.86. The van der Waals surface area contributed by atoms with E-state index in [-0.39, 0.29) is 10.9 Å². The fourth-order valence-corrected chi connectivity index (χ4v) is 2.44. The van der Waals surface area contributed by atoms with E-state index < -0.39 is 10.0 Å². The van der Waals surface area contributed by atoms with Gasteiger partial charge in [-0.3, -0.25) is 4.68 Å². The fraction of sp³-hybridized carbons (Fsp3) is 0.667. The minimum atomic E-state index is -3.43. The smallest absolute Gasteiger partial charge is 0.243 e. The van der Waals surface area contributed by atoms with Gasteiger partial charge in [0.1, 0.15) is 4.90 Å². The number of nitrogens with zero attached hydrogens (tertiary/aromatic N) is 2. The van der Waals surface area contributed by atoms with Crippen molar-refractivity contribution in [3.63, 3.8) is 0 Å². The number of hydrogen-bond acceptors (Lipinski definition) is 4. The maximum absolute atomic E-state index is 11.7. The summed E-state index contributed by atoms with van der Waals surface area (Å²) in [4.78, 5) is 0.193. The zero-order valence-electron chi connectivity index (χ0n) is 9.55. The summed E-state index contributed by atoms with van der Waals surface area (Å²) < 4.78 is 27.6. The first-order valence-corrected chi connectivity index (χ1v) is 6.69. The summed E-state index contributed by atoms with van der Waals surface area (Å²) >= 11 is 0. The molecule has 0 aromatic carbocycles. The number of nitrogens with two attached hydrogens (primary N) is 1. The molecule has 0 saturated heterocycles. The Kier molecular flexibility index (Phi) is 4.45. The third kappa shape index (κ3) is 3.58. The van der Waals surface area contributed by atoms with Gasteiger partial charge < -0.3 is 5.73 Å². The van der Waals surface area contributed by atoms with Crippen molar-refractivity contribution in [2.75, 3.05) is 6.54 Å². The Morgan fingerprint density at radius 3 is 2.81 bits per heavy atom. The van der Waals surface area contributed by atoms with Crippen LogP contribution in [0.3, 0.4) is 0 Å². The largest absolute Gasteiger partial charge is 0.330 e. The number of rotatable bonds is 6. The summed E-state index contributed by atoms with van der Waals surface area (Å²) in [7, 11) is -3.43. The Labute approximate surface area is 95.9 Å². The van der Waals surface area contributed by atoms with E-state index in [0.717, 1.165) is 6.42 Å². The topological polar surface area (TPSA) is 90.0 Å². The quantitative estimate of drug-likeness (QED) is 0.734. The fourth-order valence-electron chi connectivity index (χ4n) is 1.24. The second kappa shape index (κ2) is 5.42. The van der Waals surface area contributed by atoms with Crippen molar-refractivity contribution in [2.45, 2.75) is 37.8 Å². The van der Waals surface area contributed by atoms with Gasteiger partial charge in [-0.2, -0.15) is 5.10 Å². The number of nitrogens with one attached hydrogen (secondary N) is 1. The molecule has 0 aliphatic carbocycles. The van der Waals surface area contributed by atoms with Gasteiger partial charge in [-0.05, 0) is 26.8 Å². The van der Waals surface area contributed by atoms with Gasteiger partial charge in [-0.15, -0.1) is 0 Å². The Balaban J connectivity index is 2.77. The molecule has 1 aromatic heterocycles. The Morgan fingerprint density at radius 2 is 2.25 bits per heavy atom. The van der Waals surface area contributed by atoms with Gasteiger partial charge in [0.2, 0.25) is 10.0 Å². The van der Waals surface area contributed by atoms with E-state index >= 15 is 0 Å². The molecular formula is C9H18N4O2S. The van der Waals surface area contributed by atoms with E-state index in [1.54, 1.807) is 18.5 Å². The summed E-state index contributed by atoms with van der Waals surface area (Å²) in [5, 5.41) is 3.97. The summed E-state index contributed by atoms with van der Waals surface area (Å²) in [6, 6.07) is -0.127. The molecule has 6 nitrogen and oxygen atoms in total. The summed E-state index contributed by atoms with van der Waals surface area (Å²) in [6.07, 6.45) is 3.64. The third-order valence-electron chi connectivity index (χ3n) is 1.90. The minimum Gasteiger partial charge on any atom is -0.330 e. The zero-order valence-corrected chi connectivity index (χ0v) is 10.4. The second-order valence-corrected chi connectivity index (χ2v) is 5.57. The van der Waals surface area contributed by atoms with Crippen molar-refractivity contribution in [1.29, 1.82) is 0 Å². The molecule has 0 spiro atoms. The first-order chi connectivity index (χ1) is 7.45. The normalized spacial score (nSPS) is 12.2. The molecule has 0 fully saturated rings. The first kappa shape index (κ1) is 13.1. The van der Waals surface area contributed by atoms with E-state index in [9.17, 15) is 8.42 Å². The van der Waals surface area contributed by atoms with Gasteiger partial charge in [0.05, 0.1) is 6.20 Å². The van der Waals surface area contributed by atoms with Crippen LogP contribution in [0.4, 0.5) is 0 Å². The molecule has 1 aromatic rings. The van der Waals surface area contributed by atoms with Crippen molar-refractivity contribution >= 4 is 10.0 Å². The maximum Gasteiger partial charge on any atom is 0.243 e. The molecule has 1 rings (SSSR count). The van der Waals surface area contributed by atoms with Crippen LogP contribution in [-0.4, -0.2) is 30.8 Å². The van der Waals surface area contributed by atoms with Crippen LogP contribution in [0.15, 0.2) is 17.3 Å². The molecule has 3 N–H and O–H groups in total. The first-order valence-electron chi connectivity index (χ1n) is 5.20. The van der Waals surface area contributed by atoms with Crippen LogP contribution >= 0.6 is 0 Å². The predicted molar refractivity (Wildman–Crippen MR) is 61.4 cm³/mol. The standard InChI is InChI=1S/C9H18N4O2S/c1-8(2)12-16(14,15)9-6-11-13(7-9)5-3-4-10/h6-8,12H,3-5,10H2,1-2H3. The predicted octanol–water partition coefficient (Wildman–Crippen LogP) is -0.0814. The van der Waals surface area contributed by atoms with E-state index in [0.29, 0.717) is 13.1 Å². The Bertz CT molecular complexity index is 424. The highest BCUT2D eigenvalue weighted by atomic mass is 32.2. The molecule has 0 bridgehead atoms. The lowest BCUT2D eigenvalue weighted by molar-refractivity contribution is 0.567. The van der Waals surface area contributed by atoms with Gasteiger partial charge in [-0.25, -0.2) is 13.1 Å². The molecule has 1 heterocycles. The average molecular weight is 246 g/mol. The minimum absolute atomic E-state index is 0.127. The lowest BCUT2D eigenvalue weighted by Crippen LogP contribution is -2.29. The van der Waals surface area contributed by atoms with Crippen LogP contribution in [0.25, 0.3) is 0 Å². The molecule has 16 heavy (non-hydrogen) atoms. The maximum atomic E-state index is 11.7. The van der Waals surface area contributed by atoms with Crippen molar-refractivity contribution in [3.05, 3.63) is 12.4 Å². The average Bonchev–Trinajstić information content (AvgIpc) is 2.61. The van der Waals surface area contributed by atoms with Crippen molar-refractivity contribution in [1.82, 2.24) is 14.5 Å². The van der Waals surface area contributed by atoms with Crippen LogP contribution < -0.4 is 10.5 Å².